The first-order valence-corrected chi connectivity index (χ1v) is 7.46. The van der Waals surface area contributed by atoms with Crippen molar-refractivity contribution in [3.63, 3.8) is 0 Å². The predicted octanol–water partition coefficient (Wildman–Crippen LogP) is 2.21. The largest absolute Gasteiger partial charge is 0.388 e. The molecule has 0 amide bonds. The highest BCUT2D eigenvalue weighted by Gasteiger charge is 2.59. The predicted molar refractivity (Wildman–Crippen MR) is 81.6 cm³/mol. The third-order valence-electron chi connectivity index (χ3n) is 4.72. The summed E-state index contributed by atoms with van der Waals surface area (Å²) in [5.41, 5.74) is 0.813. The lowest BCUT2D eigenvalue weighted by Crippen LogP contribution is -2.68. The number of aliphatic hydroxyl groups is 1. The van der Waals surface area contributed by atoms with Gasteiger partial charge in [0.1, 0.15) is 0 Å². The van der Waals surface area contributed by atoms with Gasteiger partial charge in [0.05, 0.1) is 23.3 Å². The maximum atomic E-state index is 10.7. The van der Waals surface area contributed by atoms with Gasteiger partial charge in [-0.1, -0.05) is 26.0 Å². The highest BCUT2D eigenvalue weighted by Crippen LogP contribution is 2.50. The van der Waals surface area contributed by atoms with Crippen LogP contribution in [-0.2, 0) is 11.3 Å². The summed E-state index contributed by atoms with van der Waals surface area (Å²) in [6.45, 7) is 8.01. The summed E-state index contributed by atoms with van der Waals surface area (Å²) in [5.74, 6) is 0. The summed E-state index contributed by atoms with van der Waals surface area (Å²) in [7, 11) is 0. The van der Waals surface area contributed by atoms with Crippen LogP contribution in [0.1, 0.15) is 38.3 Å². The summed E-state index contributed by atoms with van der Waals surface area (Å²) < 4.78 is 5.66. The maximum Gasteiger partial charge on any atom is 0.0991 e. The molecule has 0 radical (unpaired) electrons. The van der Waals surface area contributed by atoms with E-state index in [2.05, 4.69) is 25.2 Å². The zero-order chi connectivity index (χ0) is 15.5. The normalized spacial score (nSPS) is 26.9. The van der Waals surface area contributed by atoms with Crippen LogP contribution in [0.15, 0.2) is 24.3 Å². The molecule has 2 rings (SSSR count). The molecule has 0 saturated heterocycles. The molecule has 0 spiro atoms. The van der Waals surface area contributed by atoms with Crippen LogP contribution in [0.25, 0.3) is 0 Å². The smallest absolute Gasteiger partial charge is 0.0991 e. The lowest BCUT2D eigenvalue weighted by molar-refractivity contribution is -0.238. The van der Waals surface area contributed by atoms with Gasteiger partial charge in [0.25, 0.3) is 0 Å². The molecule has 1 fully saturated rings. The zero-order valence-electron chi connectivity index (χ0n) is 13.0. The lowest BCUT2D eigenvalue weighted by Gasteiger charge is -2.58. The van der Waals surface area contributed by atoms with E-state index in [0.29, 0.717) is 31.7 Å². The van der Waals surface area contributed by atoms with Crippen molar-refractivity contribution in [2.24, 2.45) is 5.41 Å². The van der Waals surface area contributed by atoms with Crippen LogP contribution in [0.5, 0.6) is 0 Å². The number of nitrogens with one attached hydrogen (secondary N) is 1. The number of nitrogens with zero attached hydrogens (tertiary/aromatic N) is 1. The van der Waals surface area contributed by atoms with Crippen LogP contribution in [0.3, 0.4) is 0 Å². The molecule has 1 aliphatic carbocycles. The molecule has 0 aliphatic heterocycles. The van der Waals surface area contributed by atoms with Gasteiger partial charge in [0.2, 0.25) is 0 Å². The fraction of sp³-hybridized carbons (Fsp3) is 0.588. The third kappa shape index (κ3) is 3.11. The SMILES string of the molecule is CCO[C@H]1C[C@@](O)(CNCc2ccc(C#N)cc2)C1(C)C. The van der Waals surface area contributed by atoms with Crippen molar-refractivity contribution in [2.75, 3.05) is 13.2 Å². The minimum atomic E-state index is -0.723. The Kier molecular flexibility index (Phi) is 4.67. The Labute approximate surface area is 126 Å². The van der Waals surface area contributed by atoms with Gasteiger partial charge < -0.3 is 15.2 Å². The molecule has 1 aromatic carbocycles. The van der Waals surface area contributed by atoms with Crippen LogP contribution >= 0.6 is 0 Å². The Hall–Kier alpha value is -1.41. The fourth-order valence-electron chi connectivity index (χ4n) is 2.87. The molecule has 114 valence electrons. The number of hydrogen-bond donors (Lipinski definition) is 2. The minimum absolute atomic E-state index is 0.129. The van der Waals surface area contributed by atoms with E-state index < -0.39 is 5.60 Å². The van der Waals surface area contributed by atoms with Gasteiger partial charge in [-0.2, -0.15) is 5.26 Å². The number of nitriles is 1. The molecule has 1 aromatic rings. The lowest BCUT2D eigenvalue weighted by atomic mass is 9.56. The van der Waals surface area contributed by atoms with Gasteiger partial charge in [0.15, 0.2) is 0 Å². The highest BCUT2D eigenvalue weighted by molar-refractivity contribution is 5.31. The van der Waals surface area contributed by atoms with Crippen LogP contribution in [0.4, 0.5) is 0 Å². The topological polar surface area (TPSA) is 65.3 Å². The van der Waals surface area contributed by atoms with Crippen molar-refractivity contribution < 1.29 is 9.84 Å². The average Bonchev–Trinajstić information content (AvgIpc) is 2.48. The molecule has 2 atom stereocenters. The molecular weight excluding hydrogens is 264 g/mol. The maximum absolute atomic E-state index is 10.7. The molecule has 0 heterocycles. The molecule has 0 unspecified atom stereocenters. The number of rotatable bonds is 6. The summed E-state index contributed by atoms with van der Waals surface area (Å²) >= 11 is 0. The first-order valence-electron chi connectivity index (χ1n) is 7.46. The Morgan fingerprint density at radius 3 is 2.57 bits per heavy atom. The molecular formula is C17H24N2O2. The van der Waals surface area contributed by atoms with Gasteiger partial charge in [-0.05, 0) is 24.6 Å². The fourth-order valence-corrected chi connectivity index (χ4v) is 2.87. The van der Waals surface area contributed by atoms with Crippen LogP contribution in [0, 0.1) is 16.7 Å². The van der Waals surface area contributed by atoms with E-state index in [1.54, 1.807) is 0 Å². The highest BCUT2D eigenvalue weighted by atomic mass is 16.5. The first-order chi connectivity index (χ1) is 9.93. The van der Waals surface area contributed by atoms with Crippen LogP contribution < -0.4 is 5.32 Å². The van der Waals surface area contributed by atoms with Crippen molar-refractivity contribution in [1.29, 1.82) is 5.26 Å². The third-order valence-corrected chi connectivity index (χ3v) is 4.72. The Balaban J connectivity index is 1.84. The van der Waals surface area contributed by atoms with Crippen molar-refractivity contribution in [3.8, 4) is 6.07 Å². The molecule has 4 heteroatoms. The quantitative estimate of drug-likeness (QED) is 0.842. The van der Waals surface area contributed by atoms with E-state index in [9.17, 15) is 5.11 Å². The standard InChI is InChI=1S/C17H24N2O2/c1-4-21-15-9-17(20,16(15,2)3)12-19-11-14-7-5-13(10-18)6-8-14/h5-8,15,19-20H,4,9,11-12H2,1-3H3/t15-,17+/m0/s1. The van der Waals surface area contributed by atoms with Crippen LogP contribution in [-0.4, -0.2) is 30.0 Å². The molecule has 4 nitrogen and oxygen atoms in total. The summed E-state index contributed by atoms with van der Waals surface area (Å²) in [6, 6.07) is 9.60. The summed E-state index contributed by atoms with van der Waals surface area (Å²) in [4.78, 5) is 0. The second-order valence-electron chi connectivity index (χ2n) is 6.31. The molecule has 21 heavy (non-hydrogen) atoms. The van der Waals surface area contributed by atoms with E-state index in [-0.39, 0.29) is 11.5 Å². The van der Waals surface area contributed by atoms with Crippen molar-refractivity contribution in [2.45, 2.75) is 45.4 Å². The van der Waals surface area contributed by atoms with Crippen molar-refractivity contribution in [3.05, 3.63) is 35.4 Å². The van der Waals surface area contributed by atoms with Gasteiger partial charge >= 0.3 is 0 Å². The van der Waals surface area contributed by atoms with Crippen LogP contribution in [0.2, 0.25) is 0 Å². The minimum Gasteiger partial charge on any atom is -0.388 e. The van der Waals surface area contributed by atoms with E-state index in [4.69, 9.17) is 10.00 Å². The van der Waals surface area contributed by atoms with E-state index in [1.165, 1.54) is 0 Å². The van der Waals surface area contributed by atoms with Crippen molar-refractivity contribution >= 4 is 0 Å². The van der Waals surface area contributed by atoms with E-state index in [1.807, 2.05) is 31.2 Å². The van der Waals surface area contributed by atoms with E-state index in [0.717, 1.165) is 5.56 Å². The number of ether oxygens (including phenoxy) is 1. The van der Waals surface area contributed by atoms with Gasteiger partial charge in [-0.15, -0.1) is 0 Å². The first kappa shape index (κ1) is 16.0. The molecule has 1 saturated carbocycles. The number of hydrogen-bond acceptors (Lipinski definition) is 4. The Morgan fingerprint density at radius 2 is 2.05 bits per heavy atom. The second kappa shape index (κ2) is 6.15. The second-order valence-corrected chi connectivity index (χ2v) is 6.31. The van der Waals surface area contributed by atoms with Gasteiger partial charge in [-0.3, -0.25) is 0 Å². The molecule has 2 N–H and O–H groups in total. The summed E-state index contributed by atoms with van der Waals surface area (Å²) in [5, 5.41) is 22.8. The van der Waals surface area contributed by atoms with Gasteiger partial charge in [-0.25, -0.2) is 0 Å². The molecule has 0 bridgehead atoms. The Morgan fingerprint density at radius 1 is 1.38 bits per heavy atom. The van der Waals surface area contributed by atoms with E-state index >= 15 is 0 Å². The monoisotopic (exact) mass is 288 g/mol. The van der Waals surface area contributed by atoms with Gasteiger partial charge in [0, 0.05) is 31.5 Å². The number of benzene rings is 1. The van der Waals surface area contributed by atoms with Crippen molar-refractivity contribution in [1.82, 2.24) is 5.32 Å². The average molecular weight is 288 g/mol. The molecule has 1 aliphatic rings. The summed E-state index contributed by atoms with van der Waals surface area (Å²) in [6.07, 6.45) is 0.804. The molecule has 0 aromatic heterocycles. The Bertz CT molecular complexity index is 519. The zero-order valence-corrected chi connectivity index (χ0v) is 13.0.